The summed E-state index contributed by atoms with van der Waals surface area (Å²) in [7, 11) is 0. The number of carbonyl (C=O) groups is 1. The van der Waals surface area contributed by atoms with Gasteiger partial charge in [0.2, 0.25) is 5.91 Å². The fourth-order valence-corrected chi connectivity index (χ4v) is 5.76. The van der Waals surface area contributed by atoms with Crippen LogP contribution in [0.3, 0.4) is 0 Å². The Morgan fingerprint density at radius 1 is 1.12 bits per heavy atom. The molecule has 1 aliphatic heterocycles. The first-order valence-corrected chi connectivity index (χ1v) is 12.2. The molecule has 0 unspecified atom stereocenters. The van der Waals surface area contributed by atoms with Crippen molar-refractivity contribution in [2.75, 3.05) is 18.4 Å². The summed E-state index contributed by atoms with van der Waals surface area (Å²) in [4.78, 5) is 24.1. The van der Waals surface area contributed by atoms with Crippen LogP contribution in [0, 0.1) is 0 Å². The molecule has 0 atom stereocenters. The highest BCUT2D eigenvalue weighted by Gasteiger charge is 2.30. The molecule has 0 fully saturated rings. The minimum absolute atomic E-state index is 0.111. The molecular formula is C26H24N6OS. The Bertz CT molecular complexity index is 1380. The number of carbonyl (C=O) groups excluding carboxylic acids is 1. The van der Waals surface area contributed by atoms with Gasteiger partial charge in [-0.15, -0.1) is 0 Å². The number of nitrogens with zero attached hydrogens (tertiary/aromatic N) is 5. The topological polar surface area (TPSA) is 75.9 Å². The van der Waals surface area contributed by atoms with Gasteiger partial charge < -0.3 is 5.32 Å². The zero-order valence-corrected chi connectivity index (χ0v) is 19.7. The van der Waals surface area contributed by atoms with Crippen molar-refractivity contribution >= 4 is 22.4 Å². The van der Waals surface area contributed by atoms with Crippen molar-refractivity contribution in [2.24, 2.45) is 0 Å². The molecule has 2 aliphatic rings. The second-order valence-corrected chi connectivity index (χ2v) is 9.64. The molecule has 4 heterocycles. The van der Waals surface area contributed by atoms with E-state index >= 15 is 0 Å². The van der Waals surface area contributed by atoms with Crippen LogP contribution in [0.4, 0.5) is 5.13 Å². The summed E-state index contributed by atoms with van der Waals surface area (Å²) < 4.78 is 2.03. The summed E-state index contributed by atoms with van der Waals surface area (Å²) in [6.45, 7) is 4.46. The van der Waals surface area contributed by atoms with Crippen LogP contribution >= 0.6 is 11.3 Å². The quantitative estimate of drug-likeness (QED) is 0.437. The maximum atomic E-state index is 11.6. The van der Waals surface area contributed by atoms with Crippen molar-refractivity contribution in [3.8, 4) is 27.5 Å². The number of hydrogen-bond acceptors (Lipinski definition) is 6. The molecule has 1 N–H and O–H groups in total. The summed E-state index contributed by atoms with van der Waals surface area (Å²) in [6.07, 6.45) is 9.74. The van der Waals surface area contributed by atoms with Gasteiger partial charge in [0, 0.05) is 50.1 Å². The first kappa shape index (κ1) is 20.9. The summed E-state index contributed by atoms with van der Waals surface area (Å²) in [5, 5.41) is 8.57. The highest BCUT2D eigenvalue weighted by molar-refractivity contribution is 7.19. The van der Waals surface area contributed by atoms with Crippen molar-refractivity contribution in [3.63, 3.8) is 0 Å². The number of amides is 1. The van der Waals surface area contributed by atoms with Crippen LogP contribution in [0.1, 0.15) is 23.7 Å². The number of pyridine rings is 1. The molecule has 0 radical (unpaired) electrons. The van der Waals surface area contributed by atoms with E-state index in [0.29, 0.717) is 5.13 Å². The Labute approximate surface area is 201 Å². The fraction of sp³-hybridized carbons (Fsp3) is 0.231. The third-order valence-corrected chi connectivity index (χ3v) is 7.23. The molecular weight excluding hydrogens is 444 g/mol. The van der Waals surface area contributed by atoms with Crippen LogP contribution in [0.15, 0.2) is 60.9 Å². The molecule has 1 aromatic carbocycles. The van der Waals surface area contributed by atoms with Gasteiger partial charge in [-0.25, -0.2) is 9.67 Å². The monoisotopic (exact) mass is 468 g/mol. The third kappa shape index (κ3) is 3.85. The number of thiazole rings is 1. The predicted octanol–water partition coefficient (Wildman–Crippen LogP) is 4.49. The van der Waals surface area contributed by atoms with Gasteiger partial charge in [0.1, 0.15) is 0 Å². The highest BCUT2D eigenvalue weighted by atomic mass is 32.1. The van der Waals surface area contributed by atoms with E-state index in [9.17, 15) is 4.79 Å². The molecule has 1 aliphatic carbocycles. The van der Waals surface area contributed by atoms with E-state index in [4.69, 9.17) is 10.1 Å². The molecule has 4 aromatic rings. The van der Waals surface area contributed by atoms with E-state index in [0.717, 1.165) is 65.7 Å². The number of anilines is 1. The largest absolute Gasteiger partial charge is 0.302 e. The molecule has 7 nitrogen and oxygen atoms in total. The molecule has 0 saturated heterocycles. The molecule has 0 spiro atoms. The zero-order valence-electron chi connectivity index (χ0n) is 18.9. The fourth-order valence-electron chi connectivity index (χ4n) is 4.65. The standard InChI is InChI=1S/C26H24N6OS/c1-17(33)28-26-29-22-11-10-21-23(19-5-4-12-27-15-19)30-32(24(21)25(22)34-26)20-8-6-18(7-9-20)16-31-13-2-3-14-31/h2-9,12,15H,10-11,13-14,16H2,1H3,(H,28,29,33). The first-order chi connectivity index (χ1) is 16.7. The molecule has 8 heteroatoms. The lowest BCUT2D eigenvalue weighted by molar-refractivity contribution is -0.114. The van der Waals surface area contributed by atoms with E-state index in [1.807, 2.05) is 16.9 Å². The van der Waals surface area contributed by atoms with Crippen molar-refractivity contribution in [3.05, 3.63) is 77.8 Å². The van der Waals surface area contributed by atoms with Crippen LogP contribution in [0.2, 0.25) is 0 Å². The van der Waals surface area contributed by atoms with Crippen molar-refractivity contribution in [1.82, 2.24) is 24.6 Å². The summed E-state index contributed by atoms with van der Waals surface area (Å²) in [5.41, 5.74) is 7.53. The average Bonchev–Trinajstić information content (AvgIpc) is 3.58. The maximum absolute atomic E-state index is 11.6. The average molecular weight is 469 g/mol. The van der Waals surface area contributed by atoms with Crippen LogP contribution in [0.5, 0.6) is 0 Å². The van der Waals surface area contributed by atoms with Crippen molar-refractivity contribution in [1.29, 1.82) is 0 Å². The zero-order chi connectivity index (χ0) is 23.1. The van der Waals surface area contributed by atoms with Crippen LogP contribution in [0.25, 0.3) is 27.5 Å². The van der Waals surface area contributed by atoms with E-state index in [1.165, 1.54) is 29.4 Å². The number of aromatic nitrogens is 4. The lowest BCUT2D eigenvalue weighted by atomic mass is 9.95. The number of rotatable bonds is 5. The van der Waals surface area contributed by atoms with Gasteiger partial charge in [0.15, 0.2) is 5.13 Å². The molecule has 3 aromatic heterocycles. The lowest BCUT2D eigenvalue weighted by Crippen LogP contribution is -2.19. The first-order valence-electron chi connectivity index (χ1n) is 11.4. The molecule has 0 saturated carbocycles. The second-order valence-electron chi connectivity index (χ2n) is 8.64. The lowest BCUT2D eigenvalue weighted by Gasteiger charge is -2.16. The Balaban J connectivity index is 1.44. The number of fused-ring (bicyclic) bond motifs is 3. The smallest absolute Gasteiger partial charge is 0.223 e. The Morgan fingerprint density at radius 3 is 2.68 bits per heavy atom. The Kier molecular flexibility index (Phi) is 5.31. The normalized spacial score (nSPS) is 14.7. The molecule has 34 heavy (non-hydrogen) atoms. The highest BCUT2D eigenvalue weighted by Crippen LogP contribution is 2.44. The summed E-state index contributed by atoms with van der Waals surface area (Å²) in [6, 6.07) is 12.7. The number of aryl methyl sites for hydroxylation is 1. The SMILES string of the molecule is CC(=O)Nc1nc2c(s1)-c1c(c(-c3cccnc3)nn1-c1ccc(CN3CC=CC3)cc1)CC2. The number of hydrogen-bond donors (Lipinski definition) is 1. The molecule has 0 bridgehead atoms. The van der Waals surface area contributed by atoms with E-state index in [2.05, 4.69) is 57.7 Å². The van der Waals surface area contributed by atoms with Gasteiger partial charge in [-0.3, -0.25) is 14.7 Å². The summed E-state index contributed by atoms with van der Waals surface area (Å²) in [5.74, 6) is -0.111. The van der Waals surface area contributed by atoms with Gasteiger partial charge in [-0.2, -0.15) is 5.10 Å². The second kappa shape index (κ2) is 8.62. The molecule has 170 valence electrons. The van der Waals surface area contributed by atoms with Crippen molar-refractivity contribution < 1.29 is 4.79 Å². The minimum atomic E-state index is -0.111. The number of benzene rings is 1. The van der Waals surface area contributed by atoms with Crippen molar-refractivity contribution in [2.45, 2.75) is 26.3 Å². The molecule has 1 amide bonds. The molecule has 6 rings (SSSR count). The van der Waals surface area contributed by atoms with Gasteiger partial charge in [-0.05, 0) is 42.7 Å². The van der Waals surface area contributed by atoms with Crippen LogP contribution in [-0.4, -0.2) is 43.6 Å². The van der Waals surface area contributed by atoms with Gasteiger partial charge >= 0.3 is 0 Å². The number of nitrogens with one attached hydrogen (secondary N) is 1. The van der Waals surface area contributed by atoms with Gasteiger partial charge in [0.25, 0.3) is 0 Å². The van der Waals surface area contributed by atoms with Gasteiger partial charge in [0.05, 0.1) is 27.6 Å². The predicted molar refractivity (Wildman–Crippen MR) is 134 cm³/mol. The summed E-state index contributed by atoms with van der Waals surface area (Å²) >= 11 is 1.52. The van der Waals surface area contributed by atoms with Crippen LogP contribution < -0.4 is 5.32 Å². The van der Waals surface area contributed by atoms with E-state index in [1.54, 1.807) is 6.20 Å². The van der Waals surface area contributed by atoms with E-state index < -0.39 is 0 Å². The Morgan fingerprint density at radius 2 is 1.94 bits per heavy atom. The Hall–Kier alpha value is -3.62. The van der Waals surface area contributed by atoms with Crippen LogP contribution in [-0.2, 0) is 24.2 Å². The maximum Gasteiger partial charge on any atom is 0.223 e. The van der Waals surface area contributed by atoms with E-state index in [-0.39, 0.29) is 5.91 Å². The third-order valence-electron chi connectivity index (χ3n) is 6.21. The van der Waals surface area contributed by atoms with Gasteiger partial charge in [-0.1, -0.05) is 35.6 Å². The minimum Gasteiger partial charge on any atom is -0.302 e.